The van der Waals surface area contributed by atoms with Gasteiger partial charge in [-0.2, -0.15) is 0 Å². The highest BCUT2D eigenvalue weighted by Crippen LogP contribution is 2.27. The van der Waals surface area contributed by atoms with Crippen molar-refractivity contribution < 1.29 is 9.26 Å². The van der Waals surface area contributed by atoms with Gasteiger partial charge in [0.05, 0.1) is 6.61 Å². The standard InChI is InChI=1S/C5H5NO2/c1-2-8-6-4(1)5-3-7-5/h1-2,5H,3H2/t5-/m0/s1. The SMILES string of the molecule is c1cc([C@@H]2CO2)no1. The van der Waals surface area contributed by atoms with Crippen LogP contribution in [0.1, 0.15) is 11.8 Å². The lowest BCUT2D eigenvalue weighted by molar-refractivity contribution is 0.376. The van der Waals surface area contributed by atoms with E-state index in [0.717, 1.165) is 12.3 Å². The molecule has 1 aromatic heterocycles. The molecule has 1 aliphatic heterocycles. The van der Waals surface area contributed by atoms with E-state index >= 15 is 0 Å². The maximum Gasteiger partial charge on any atom is 0.126 e. The average Bonchev–Trinajstić information content (AvgIpc) is 2.49. The van der Waals surface area contributed by atoms with Crippen LogP contribution < -0.4 is 0 Å². The zero-order chi connectivity index (χ0) is 5.40. The second kappa shape index (κ2) is 1.32. The van der Waals surface area contributed by atoms with E-state index in [2.05, 4.69) is 9.68 Å². The monoisotopic (exact) mass is 111 g/mol. The summed E-state index contributed by atoms with van der Waals surface area (Å²) in [5.41, 5.74) is 0.907. The third-order valence-electron chi connectivity index (χ3n) is 1.12. The fourth-order valence-electron chi connectivity index (χ4n) is 0.607. The molecule has 0 radical (unpaired) electrons. The Kier molecular flexibility index (Phi) is 0.676. The number of nitrogens with zero attached hydrogens (tertiary/aromatic N) is 1. The topological polar surface area (TPSA) is 38.6 Å². The third kappa shape index (κ3) is 0.518. The van der Waals surface area contributed by atoms with Crippen LogP contribution in [0.15, 0.2) is 16.9 Å². The van der Waals surface area contributed by atoms with Crippen molar-refractivity contribution in [2.24, 2.45) is 0 Å². The van der Waals surface area contributed by atoms with Crippen molar-refractivity contribution in [3.05, 3.63) is 18.0 Å². The van der Waals surface area contributed by atoms with E-state index in [1.807, 2.05) is 6.07 Å². The average molecular weight is 111 g/mol. The van der Waals surface area contributed by atoms with Crippen molar-refractivity contribution in [3.8, 4) is 0 Å². The van der Waals surface area contributed by atoms with Crippen LogP contribution in [0.5, 0.6) is 0 Å². The quantitative estimate of drug-likeness (QED) is 0.502. The maximum absolute atomic E-state index is 4.93. The number of ether oxygens (including phenoxy) is 1. The Morgan fingerprint density at radius 3 is 3.12 bits per heavy atom. The zero-order valence-electron chi connectivity index (χ0n) is 4.20. The van der Waals surface area contributed by atoms with Gasteiger partial charge in [-0.1, -0.05) is 5.16 Å². The molecule has 1 aromatic rings. The number of aromatic nitrogens is 1. The van der Waals surface area contributed by atoms with Crippen molar-refractivity contribution >= 4 is 0 Å². The molecule has 1 saturated heterocycles. The Morgan fingerprint density at radius 2 is 2.62 bits per heavy atom. The van der Waals surface area contributed by atoms with E-state index in [4.69, 9.17) is 4.74 Å². The van der Waals surface area contributed by atoms with Gasteiger partial charge in [0, 0.05) is 6.07 Å². The van der Waals surface area contributed by atoms with Gasteiger partial charge in [0.1, 0.15) is 18.1 Å². The highest BCUT2D eigenvalue weighted by molar-refractivity contribution is 5.04. The van der Waals surface area contributed by atoms with Crippen molar-refractivity contribution in [2.75, 3.05) is 6.61 Å². The Balaban J connectivity index is 2.28. The molecule has 0 spiro atoms. The van der Waals surface area contributed by atoms with Crippen LogP contribution in [0.2, 0.25) is 0 Å². The first-order valence-electron chi connectivity index (χ1n) is 2.49. The summed E-state index contributed by atoms with van der Waals surface area (Å²) in [7, 11) is 0. The molecule has 2 heterocycles. The molecule has 0 amide bonds. The Hall–Kier alpha value is -0.830. The highest BCUT2D eigenvalue weighted by atomic mass is 16.6. The number of epoxide rings is 1. The van der Waals surface area contributed by atoms with E-state index in [9.17, 15) is 0 Å². The molecule has 0 aromatic carbocycles. The highest BCUT2D eigenvalue weighted by Gasteiger charge is 2.26. The van der Waals surface area contributed by atoms with Crippen molar-refractivity contribution in [1.29, 1.82) is 0 Å². The molecule has 0 aliphatic carbocycles. The van der Waals surface area contributed by atoms with Gasteiger partial charge in [-0.05, 0) is 0 Å². The van der Waals surface area contributed by atoms with E-state index < -0.39 is 0 Å². The van der Waals surface area contributed by atoms with Gasteiger partial charge >= 0.3 is 0 Å². The Morgan fingerprint density at radius 1 is 1.75 bits per heavy atom. The molecule has 8 heavy (non-hydrogen) atoms. The van der Waals surface area contributed by atoms with Crippen LogP contribution in [-0.4, -0.2) is 11.8 Å². The maximum atomic E-state index is 4.93. The van der Waals surface area contributed by atoms with Crippen LogP contribution in [0.3, 0.4) is 0 Å². The predicted octanol–water partition coefficient (Wildman–Crippen LogP) is 0.746. The van der Waals surface area contributed by atoms with Crippen molar-refractivity contribution in [2.45, 2.75) is 6.10 Å². The lowest BCUT2D eigenvalue weighted by atomic mass is 10.3. The fourth-order valence-corrected chi connectivity index (χ4v) is 0.607. The van der Waals surface area contributed by atoms with Gasteiger partial charge in [-0.25, -0.2) is 0 Å². The molecule has 3 nitrogen and oxygen atoms in total. The van der Waals surface area contributed by atoms with Crippen LogP contribution in [0, 0.1) is 0 Å². The summed E-state index contributed by atoms with van der Waals surface area (Å²) < 4.78 is 9.52. The van der Waals surface area contributed by atoms with Gasteiger partial charge in [0.25, 0.3) is 0 Å². The first-order chi connectivity index (χ1) is 3.97. The van der Waals surface area contributed by atoms with Crippen LogP contribution in [0.4, 0.5) is 0 Å². The lowest BCUT2D eigenvalue weighted by Gasteiger charge is -1.75. The van der Waals surface area contributed by atoms with Crippen LogP contribution >= 0.6 is 0 Å². The van der Waals surface area contributed by atoms with E-state index in [1.54, 1.807) is 6.26 Å². The largest absolute Gasteiger partial charge is 0.366 e. The summed E-state index contributed by atoms with van der Waals surface area (Å²) in [6.45, 7) is 0.798. The molecular formula is C5H5NO2. The number of hydrogen-bond acceptors (Lipinski definition) is 3. The summed E-state index contributed by atoms with van der Waals surface area (Å²) in [5.74, 6) is 0. The number of hydrogen-bond donors (Lipinski definition) is 0. The summed E-state index contributed by atoms with van der Waals surface area (Å²) in [6.07, 6.45) is 1.78. The fraction of sp³-hybridized carbons (Fsp3) is 0.400. The molecule has 2 rings (SSSR count). The lowest BCUT2D eigenvalue weighted by Crippen LogP contribution is -1.75. The smallest absolute Gasteiger partial charge is 0.126 e. The first kappa shape index (κ1) is 4.09. The molecule has 0 N–H and O–H groups in total. The van der Waals surface area contributed by atoms with Gasteiger partial charge in [-0.15, -0.1) is 0 Å². The van der Waals surface area contributed by atoms with E-state index in [-0.39, 0.29) is 6.10 Å². The molecule has 1 fully saturated rings. The van der Waals surface area contributed by atoms with E-state index in [0.29, 0.717) is 0 Å². The third-order valence-corrected chi connectivity index (χ3v) is 1.12. The zero-order valence-corrected chi connectivity index (χ0v) is 4.20. The second-order valence-corrected chi connectivity index (χ2v) is 1.75. The molecule has 0 unspecified atom stereocenters. The van der Waals surface area contributed by atoms with Crippen molar-refractivity contribution in [3.63, 3.8) is 0 Å². The number of rotatable bonds is 1. The Labute approximate surface area is 46.2 Å². The molecule has 3 heteroatoms. The minimum atomic E-state index is 0.230. The van der Waals surface area contributed by atoms with E-state index in [1.165, 1.54) is 0 Å². The van der Waals surface area contributed by atoms with Crippen LogP contribution in [0.25, 0.3) is 0 Å². The molecule has 1 aliphatic rings. The van der Waals surface area contributed by atoms with Gasteiger partial charge < -0.3 is 9.26 Å². The molecule has 42 valence electrons. The minimum absolute atomic E-state index is 0.230. The summed E-state index contributed by atoms with van der Waals surface area (Å²) >= 11 is 0. The normalized spacial score (nSPS) is 25.8. The minimum Gasteiger partial charge on any atom is -0.366 e. The summed E-state index contributed by atoms with van der Waals surface area (Å²) in [5, 5.41) is 3.68. The molecular weight excluding hydrogens is 106 g/mol. The van der Waals surface area contributed by atoms with Crippen molar-refractivity contribution in [1.82, 2.24) is 5.16 Å². The summed E-state index contributed by atoms with van der Waals surface area (Å²) in [6, 6.07) is 1.82. The first-order valence-corrected chi connectivity index (χ1v) is 2.49. The predicted molar refractivity (Wildman–Crippen MR) is 25.2 cm³/mol. The Bertz CT molecular complexity index is 167. The molecule has 0 bridgehead atoms. The molecule has 1 atom stereocenters. The second-order valence-electron chi connectivity index (χ2n) is 1.75. The van der Waals surface area contributed by atoms with Gasteiger partial charge in [0.2, 0.25) is 0 Å². The molecule has 0 saturated carbocycles. The van der Waals surface area contributed by atoms with Gasteiger partial charge in [-0.3, -0.25) is 0 Å². The van der Waals surface area contributed by atoms with Gasteiger partial charge in [0.15, 0.2) is 0 Å². The summed E-state index contributed by atoms with van der Waals surface area (Å²) in [4.78, 5) is 0. The van der Waals surface area contributed by atoms with Crippen LogP contribution in [-0.2, 0) is 4.74 Å².